The largest absolute Gasteiger partial charge is 0.342 e. The van der Waals surface area contributed by atoms with Gasteiger partial charge in [-0.15, -0.1) is 0 Å². The minimum Gasteiger partial charge on any atom is -0.342 e. The van der Waals surface area contributed by atoms with E-state index < -0.39 is 0 Å². The fourth-order valence-corrected chi connectivity index (χ4v) is 1.11. The Bertz CT molecular complexity index is 148. The van der Waals surface area contributed by atoms with E-state index in [0.29, 0.717) is 13.0 Å². The van der Waals surface area contributed by atoms with E-state index in [0.717, 1.165) is 19.3 Å². The van der Waals surface area contributed by atoms with Crippen molar-refractivity contribution in [3.8, 4) is 0 Å². The SMILES string of the molecule is CCCCCC(=O)N(C)C(C)CN. The molecule has 1 unspecified atom stereocenters. The van der Waals surface area contributed by atoms with Crippen LogP contribution in [0, 0.1) is 0 Å². The summed E-state index contributed by atoms with van der Waals surface area (Å²) in [5, 5.41) is 0. The molecular weight excluding hydrogens is 164 g/mol. The van der Waals surface area contributed by atoms with Crippen molar-refractivity contribution >= 4 is 5.91 Å². The average molecular weight is 186 g/mol. The van der Waals surface area contributed by atoms with Crippen molar-refractivity contribution in [2.24, 2.45) is 5.73 Å². The van der Waals surface area contributed by atoms with Crippen molar-refractivity contribution < 1.29 is 4.79 Å². The highest BCUT2D eigenvalue weighted by molar-refractivity contribution is 5.76. The maximum atomic E-state index is 11.5. The first-order chi connectivity index (χ1) is 6.13. The molecule has 0 saturated carbocycles. The van der Waals surface area contributed by atoms with Crippen molar-refractivity contribution in [3.63, 3.8) is 0 Å². The third kappa shape index (κ3) is 4.88. The lowest BCUT2D eigenvalue weighted by Gasteiger charge is -2.23. The van der Waals surface area contributed by atoms with Crippen molar-refractivity contribution in [2.75, 3.05) is 13.6 Å². The second-order valence-electron chi connectivity index (χ2n) is 3.55. The molecule has 3 nitrogen and oxygen atoms in total. The van der Waals surface area contributed by atoms with Crippen LogP contribution in [0.4, 0.5) is 0 Å². The number of nitrogens with zero attached hydrogens (tertiary/aromatic N) is 1. The predicted molar refractivity (Wildman–Crippen MR) is 55.4 cm³/mol. The van der Waals surface area contributed by atoms with Crippen molar-refractivity contribution in [3.05, 3.63) is 0 Å². The summed E-state index contributed by atoms with van der Waals surface area (Å²) >= 11 is 0. The summed E-state index contributed by atoms with van der Waals surface area (Å²) in [7, 11) is 1.83. The average Bonchev–Trinajstić information content (AvgIpc) is 2.15. The van der Waals surface area contributed by atoms with E-state index in [2.05, 4.69) is 6.92 Å². The molecule has 0 aliphatic rings. The van der Waals surface area contributed by atoms with Gasteiger partial charge >= 0.3 is 0 Å². The Morgan fingerprint density at radius 1 is 1.46 bits per heavy atom. The van der Waals surface area contributed by atoms with Crippen molar-refractivity contribution in [1.29, 1.82) is 0 Å². The van der Waals surface area contributed by atoms with Crippen LogP contribution in [0.1, 0.15) is 39.5 Å². The van der Waals surface area contributed by atoms with Crippen LogP contribution in [-0.4, -0.2) is 30.4 Å². The molecule has 3 heteroatoms. The molecule has 0 saturated heterocycles. The fourth-order valence-electron chi connectivity index (χ4n) is 1.11. The van der Waals surface area contributed by atoms with Crippen LogP contribution < -0.4 is 5.73 Å². The van der Waals surface area contributed by atoms with Crippen LogP contribution in [0.25, 0.3) is 0 Å². The Kier molecular flexibility index (Phi) is 6.59. The summed E-state index contributed by atoms with van der Waals surface area (Å²) in [5.41, 5.74) is 5.47. The van der Waals surface area contributed by atoms with E-state index in [1.807, 2.05) is 14.0 Å². The molecule has 78 valence electrons. The Hall–Kier alpha value is -0.570. The molecule has 0 spiro atoms. The van der Waals surface area contributed by atoms with Gasteiger partial charge in [-0.25, -0.2) is 0 Å². The van der Waals surface area contributed by atoms with Gasteiger partial charge in [0.1, 0.15) is 0 Å². The molecule has 0 radical (unpaired) electrons. The van der Waals surface area contributed by atoms with Gasteiger partial charge in [0.15, 0.2) is 0 Å². The second-order valence-corrected chi connectivity index (χ2v) is 3.55. The maximum absolute atomic E-state index is 11.5. The third-order valence-electron chi connectivity index (χ3n) is 2.39. The van der Waals surface area contributed by atoms with Gasteiger partial charge in [-0.2, -0.15) is 0 Å². The molecule has 0 aliphatic heterocycles. The molecule has 13 heavy (non-hydrogen) atoms. The molecule has 0 aliphatic carbocycles. The Balaban J connectivity index is 3.69. The van der Waals surface area contributed by atoms with E-state index in [9.17, 15) is 4.79 Å². The number of likely N-dealkylation sites (N-methyl/N-ethyl adjacent to an activating group) is 1. The number of nitrogens with two attached hydrogens (primary N) is 1. The summed E-state index contributed by atoms with van der Waals surface area (Å²) in [4.78, 5) is 13.2. The molecule has 0 aromatic carbocycles. The highest BCUT2D eigenvalue weighted by Crippen LogP contribution is 2.03. The van der Waals surface area contributed by atoms with E-state index in [4.69, 9.17) is 5.73 Å². The highest BCUT2D eigenvalue weighted by atomic mass is 16.2. The van der Waals surface area contributed by atoms with Gasteiger partial charge in [-0.3, -0.25) is 4.79 Å². The van der Waals surface area contributed by atoms with Crippen molar-refractivity contribution in [1.82, 2.24) is 4.90 Å². The standard InChI is InChI=1S/C10H22N2O/c1-4-5-6-7-10(13)12(3)9(2)8-11/h9H,4-8,11H2,1-3H3. The predicted octanol–water partition coefficient (Wildman–Crippen LogP) is 1.37. The first kappa shape index (κ1) is 12.4. The minimum atomic E-state index is 0.161. The first-order valence-corrected chi connectivity index (χ1v) is 5.09. The smallest absolute Gasteiger partial charge is 0.222 e. The molecule has 0 fully saturated rings. The number of hydrogen-bond donors (Lipinski definition) is 1. The molecule has 0 heterocycles. The van der Waals surface area contributed by atoms with Gasteiger partial charge in [-0.05, 0) is 13.3 Å². The summed E-state index contributed by atoms with van der Waals surface area (Å²) in [6.07, 6.45) is 3.95. The number of hydrogen-bond acceptors (Lipinski definition) is 2. The number of amides is 1. The van der Waals surface area contributed by atoms with Crippen LogP contribution in [0.2, 0.25) is 0 Å². The Morgan fingerprint density at radius 2 is 2.08 bits per heavy atom. The minimum absolute atomic E-state index is 0.161. The molecular formula is C10H22N2O. The summed E-state index contributed by atoms with van der Waals surface area (Å²) in [6.45, 7) is 4.64. The molecule has 0 aromatic rings. The summed E-state index contributed by atoms with van der Waals surface area (Å²) in [6, 6.07) is 0.161. The molecule has 0 rings (SSSR count). The van der Waals surface area contributed by atoms with Crippen LogP contribution in [0.5, 0.6) is 0 Å². The lowest BCUT2D eigenvalue weighted by Crippen LogP contribution is -2.39. The third-order valence-corrected chi connectivity index (χ3v) is 2.39. The number of rotatable bonds is 6. The normalized spacial score (nSPS) is 12.6. The van der Waals surface area contributed by atoms with Gasteiger partial charge in [0.25, 0.3) is 0 Å². The highest BCUT2D eigenvalue weighted by Gasteiger charge is 2.12. The summed E-state index contributed by atoms with van der Waals surface area (Å²) in [5.74, 6) is 0.214. The Labute approximate surface area is 81.3 Å². The first-order valence-electron chi connectivity index (χ1n) is 5.09. The van der Waals surface area contributed by atoms with E-state index in [1.54, 1.807) is 4.90 Å². The quantitative estimate of drug-likeness (QED) is 0.637. The van der Waals surface area contributed by atoms with E-state index >= 15 is 0 Å². The van der Waals surface area contributed by atoms with Gasteiger partial charge in [-0.1, -0.05) is 19.8 Å². The van der Waals surface area contributed by atoms with E-state index in [-0.39, 0.29) is 11.9 Å². The molecule has 0 bridgehead atoms. The second kappa shape index (κ2) is 6.89. The van der Waals surface area contributed by atoms with Crippen LogP contribution in [0.15, 0.2) is 0 Å². The zero-order valence-electron chi connectivity index (χ0n) is 9.05. The summed E-state index contributed by atoms with van der Waals surface area (Å²) < 4.78 is 0. The number of carbonyl (C=O) groups is 1. The molecule has 0 aromatic heterocycles. The van der Waals surface area contributed by atoms with Crippen molar-refractivity contribution in [2.45, 2.75) is 45.6 Å². The number of carbonyl (C=O) groups excluding carboxylic acids is 1. The number of unbranched alkanes of at least 4 members (excludes halogenated alkanes) is 2. The lowest BCUT2D eigenvalue weighted by atomic mass is 10.2. The maximum Gasteiger partial charge on any atom is 0.222 e. The topological polar surface area (TPSA) is 46.3 Å². The lowest BCUT2D eigenvalue weighted by molar-refractivity contribution is -0.131. The van der Waals surface area contributed by atoms with Gasteiger partial charge in [0, 0.05) is 26.1 Å². The van der Waals surface area contributed by atoms with Gasteiger partial charge < -0.3 is 10.6 Å². The van der Waals surface area contributed by atoms with Gasteiger partial charge in [0.05, 0.1) is 0 Å². The zero-order chi connectivity index (χ0) is 10.3. The molecule has 1 atom stereocenters. The van der Waals surface area contributed by atoms with E-state index in [1.165, 1.54) is 0 Å². The van der Waals surface area contributed by atoms with Crippen LogP contribution in [0.3, 0.4) is 0 Å². The van der Waals surface area contributed by atoms with Crippen LogP contribution in [-0.2, 0) is 4.79 Å². The fraction of sp³-hybridized carbons (Fsp3) is 0.900. The van der Waals surface area contributed by atoms with Gasteiger partial charge in [0.2, 0.25) is 5.91 Å². The zero-order valence-corrected chi connectivity index (χ0v) is 9.05. The monoisotopic (exact) mass is 186 g/mol. The van der Waals surface area contributed by atoms with Crippen LogP contribution >= 0.6 is 0 Å². The molecule has 1 amide bonds. The molecule has 2 N–H and O–H groups in total. The Morgan fingerprint density at radius 3 is 2.54 bits per heavy atom.